The van der Waals surface area contributed by atoms with Gasteiger partial charge in [0.25, 0.3) is 0 Å². The third-order valence-corrected chi connectivity index (χ3v) is 7.04. The summed E-state index contributed by atoms with van der Waals surface area (Å²) in [4.78, 5) is 2.31. The van der Waals surface area contributed by atoms with Gasteiger partial charge in [-0.1, -0.05) is 127 Å². The second-order valence-electron chi connectivity index (χ2n) is 9.49. The zero-order valence-electron chi connectivity index (χ0n) is 21.5. The van der Waals surface area contributed by atoms with Crippen LogP contribution in [0.15, 0.2) is 158 Å². The van der Waals surface area contributed by atoms with Crippen molar-refractivity contribution in [2.75, 3.05) is 4.90 Å². The molecule has 0 saturated heterocycles. The molecule has 0 aliphatic heterocycles. The van der Waals surface area contributed by atoms with Crippen LogP contribution in [0.2, 0.25) is 0 Å². The molecule has 6 rings (SSSR count). The molecule has 6 aromatic carbocycles. The first kappa shape index (κ1) is 23.6. The fraction of sp³-hybridized carbons (Fsp3) is 0. The lowest BCUT2D eigenvalue weighted by Gasteiger charge is -2.26. The molecule has 0 spiro atoms. The average Bonchev–Trinajstić information content (AvgIpc) is 2.99. The fourth-order valence-corrected chi connectivity index (χ4v) is 5.11. The maximum Gasteiger partial charge on any atom is 0.140 e. The number of benzene rings is 6. The molecule has 0 amide bonds. The lowest BCUT2D eigenvalue weighted by Crippen LogP contribution is -2.10. The van der Waals surface area contributed by atoms with Crippen LogP contribution < -0.4 is 10.4 Å². The minimum Gasteiger partial charge on any atom is -0.311 e. The highest BCUT2D eigenvalue weighted by atomic mass is 15.1. The highest BCUT2D eigenvalue weighted by Gasteiger charge is 2.14. The summed E-state index contributed by atoms with van der Waals surface area (Å²) in [6, 6.07) is 56.1. The molecule has 0 N–H and O–H groups in total. The van der Waals surface area contributed by atoms with Gasteiger partial charge in [0.2, 0.25) is 0 Å². The standard InChI is InChI=1S/C36H28BN/c37-36-18-10-9-17-35(36)29-21-25-32(26-22-29)38(30-13-5-2-6-14-30)31-23-19-28(20-24-31)34-16-8-7-15-33(34)27-11-3-1-4-12-27/h1-26H,37H2. The van der Waals surface area contributed by atoms with Gasteiger partial charge in [-0.15, -0.1) is 0 Å². The molecule has 0 heterocycles. The molecule has 1 nitrogen and oxygen atoms in total. The van der Waals surface area contributed by atoms with E-state index < -0.39 is 0 Å². The van der Waals surface area contributed by atoms with Crippen molar-refractivity contribution in [1.29, 1.82) is 0 Å². The molecule has 180 valence electrons. The van der Waals surface area contributed by atoms with E-state index in [-0.39, 0.29) is 0 Å². The number of hydrogen-bond donors (Lipinski definition) is 0. The molecular weight excluding hydrogens is 457 g/mol. The van der Waals surface area contributed by atoms with Crippen LogP contribution in [-0.2, 0) is 0 Å². The smallest absolute Gasteiger partial charge is 0.140 e. The summed E-state index contributed by atoms with van der Waals surface area (Å²) < 4.78 is 0. The summed E-state index contributed by atoms with van der Waals surface area (Å²) >= 11 is 0. The van der Waals surface area contributed by atoms with E-state index in [0.29, 0.717) is 0 Å². The van der Waals surface area contributed by atoms with Crippen LogP contribution in [0.25, 0.3) is 33.4 Å². The maximum absolute atomic E-state index is 2.31. The van der Waals surface area contributed by atoms with Gasteiger partial charge < -0.3 is 4.90 Å². The quantitative estimate of drug-likeness (QED) is 0.214. The number of nitrogens with zero attached hydrogens (tertiary/aromatic N) is 1. The average molecular weight is 485 g/mol. The van der Waals surface area contributed by atoms with Gasteiger partial charge in [0.1, 0.15) is 7.85 Å². The van der Waals surface area contributed by atoms with Crippen molar-refractivity contribution in [3.8, 4) is 33.4 Å². The fourth-order valence-electron chi connectivity index (χ4n) is 5.11. The molecule has 0 unspecified atom stereocenters. The number of para-hydroxylation sites is 1. The van der Waals surface area contributed by atoms with Crippen molar-refractivity contribution in [2.45, 2.75) is 0 Å². The Labute approximate surface area is 226 Å². The Kier molecular flexibility index (Phi) is 6.61. The SMILES string of the molecule is Bc1ccccc1-c1ccc(N(c2ccccc2)c2ccc(-c3ccccc3-c3ccccc3)cc2)cc1. The second kappa shape index (κ2) is 10.7. The summed E-state index contributed by atoms with van der Waals surface area (Å²) in [6.07, 6.45) is 0. The molecule has 0 atom stereocenters. The van der Waals surface area contributed by atoms with Gasteiger partial charge >= 0.3 is 0 Å². The van der Waals surface area contributed by atoms with Gasteiger partial charge in [0.05, 0.1) is 0 Å². The van der Waals surface area contributed by atoms with Crippen LogP contribution >= 0.6 is 0 Å². The van der Waals surface area contributed by atoms with E-state index >= 15 is 0 Å². The van der Waals surface area contributed by atoms with E-state index in [1.54, 1.807) is 0 Å². The number of rotatable bonds is 6. The van der Waals surface area contributed by atoms with Crippen molar-refractivity contribution in [3.05, 3.63) is 158 Å². The largest absolute Gasteiger partial charge is 0.311 e. The minimum atomic E-state index is 1.13. The van der Waals surface area contributed by atoms with E-state index in [1.807, 2.05) is 0 Å². The van der Waals surface area contributed by atoms with Crippen molar-refractivity contribution in [1.82, 2.24) is 0 Å². The normalized spacial score (nSPS) is 10.7. The number of hydrogen-bond acceptors (Lipinski definition) is 1. The molecule has 0 fully saturated rings. The Balaban J connectivity index is 1.38. The molecule has 2 heteroatoms. The van der Waals surface area contributed by atoms with Gasteiger partial charge in [-0.2, -0.15) is 0 Å². The van der Waals surface area contributed by atoms with Crippen LogP contribution in [0.4, 0.5) is 17.1 Å². The summed E-state index contributed by atoms with van der Waals surface area (Å²) in [5, 5.41) is 0. The molecular formula is C36H28BN. The molecule has 6 aromatic rings. The lowest BCUT2D eigenvalue weighted by atomic mass is 9.87. The van der Waals surface area contributed by atoms with Gasteiger partial charge in [0.15, 0.2) is 0 Å². The lowest BCUT2D eigenvalue weighted by molar-refractivity contribution is 1.28. The van der Waals surface area contributed by atoms with Gasteiger partial charge in [-0.25, -0.2) is 0 Å². The van der Waals surface area contributed by atoms with Gasteiger partial charge in [-0.3, -0.25) is 0 Å². The first-order valence-corrected chi connectivity index (χ1v) is 13.0. The van der Waals surface area contributed by atoms with Crippen LogP contribution in [-0.4, -0.2) is 7.85 Å². The highest BCUT2D eigenvalue weighted by Crippen LogP contribution is 2.38. The third-order valence-electron chi connectivity index (χ3n) is 7.04. The van der Waals surface area contributed by atoms with E-state index in [2.05, 4.69) is 170 Å². The molecule has 0 saturated carbocycles. The Bertz CT molecular complexity index is 1640. The minimum absolute atomic E-state index is 1.13. The second-order valence-corrected chi connectivity index (χ2v) is 9.49. The van der Waals surface area contributed by atoms with E-state index in [9.17, 15) is 0 Å². The highest BCUT2D eigenvalue weighted by molar-refractivity contribution is 6.35. The molecule has 0 bridgehead atoms. The van der Waals surface area contributed by atoms with E-state index in [1.165, 1.54) is 38.8 Å². The van der Waals surface area contributed by atoms with Gasteiger partial charge in [0, 0.05) is 17.1 Å². The predicted octanol–water partition coefficient (Wildman–Crippen LogP) is 8.42. The van der Waals surface area contributed by atoms with Crippen molar-refractivity contribution in [2.24, 2.45) is 0 Å². The zero-order valence-corrected chi connectivity index (χ0v) is 21.5. The first-order chi connectivity index (χ1) is 18.8. The van der Waals surface area contributed by atoms with Crippen molar-refractivity contribution >= 4 is 30.4 Å². The van der Waals surface area contributed by atoms with E-state index in [4.69, 9.17) is 0 Å². The summed E-state index contributed by atoms with van der Waals surface area (Å²) in [7, 11) is 2.16. The Morgan fingerprint density at radius 1 is 0.316 bits per heavy atom. The molecule has 0 aromatic heterocycles. The van der Waals surface area contributed by atoms with Crippen LogP contribution in [0, 0.1) is 0 Å². The van der Waals surface area contributed by atoms with Crippen LogP contribution in [0.1, 0.15) is 0 Å². The Morgan fingerprint density at radius 2 is 0.684 bits per heavy atom. The Hall–Kier alpha value is -4.82. The molecule has 0 aliphatic rings. The summed E-state index contributed by atoms with van der Waals surface area (Å²) in [5.41, 5.74) is 12.1. The van der Waals surface area contributed by atoms with E-state index in [0.717, 1.165) is 17.1 Å². The maximum atomic E-state index is 2.31. The topological polar surface area (TPSA) is 3.24 Å². The van der Waals surface area contributed by atoms with Crippen LogP contribution in [0.3, 0.4) is 0 Å². The van der Waals surface area contributed by atoms with Crippen molar-refractivity contribution in [3.63, 3.8) is 0 Å². The van der Waals surface area contributed by atoms with Crippen molar-refractivity contribution < 1.29 is 0 Å². The first-order valence-electron chi connectivity index (χ1n) is 13.0. The molecule has 38 heavy (non-hydrogen) atoms. The van der Waals surface area contributed by atoms with Gasteiger partial charge in [-0.05, 0) is 69.8 Å². The summed E-state index contributed by atoms with van der Waals surface area (Å²) in [5.74, 6) is 0. The monoisotopic (exact) mass is 485 g/mol. The third kappa shape index (κ3) is 4.77. The number of anilines is 3. The molecule has 0 radical (unpaired) electrons. The zero-order chi connectivity index (χ0) is 25.7. The Morgan fingerprint density at radius 3 is 1.21 bits per heavy atom. The predicted molar refractivity (Wildman–Crippen MR) is 166 cm³/mol. The summed E-state index contributed by atoms with van der Waals surface area (Å²) in [6.45, 7) is 0. The van der Waals surface area contributed by atoms with Crippen LogP contribution in [0.5, 0.6) is 0 Å². The molecule has 0 aliphatic carbocycles.